The van der Waals surface area contributed by atoms with E-state index in [2.05, 4.69) is 10.2 Å². The Labute approximate surface area is 252 Å². The number of nitrogens with zero attached hydrogens (tertiary/aromatic N) is 3. The van der Waals surface area contributed by atoms with Crippen molar-refractivity contribution >= 4 is 23.2 Å². The summed E-state index contributed by atoms with van der Waals surface area (Å²) in [5, 5.41) is 69.2. The van der Waals surface area contributed by atoms with Gasteiger partial charge in [-0.25, -0.2) is 0 Å². The highest BCUT2D eigenvalue weighted by Gasteiger charge is 2.68. The van der Waals surface area contributed by atoms with Crippen LogP contribution in [0.15, 0.2) is 35.1 Å². The monoisotopic (exact) mass is 616 g/mol. The summed E-state index contributed by atoms with van der Waals surface area (Å²) in [4.78, 5) is 59.8. The van der Waals surface area contributed by atoms with E-state index in [9.17, 15) is 50.0 Å². The Hall–Kier alpha value is -4.05. The molecule has 1 unspecified atom stereocenters. The Morgan fingerprint density at radius 2 is 1.93 bits per heavy atom. The van der Waals surface area contributed by atoms with Crippen molar-refractivity contribution in [2.45, 2.75) is 55.9 Å². The number of hydrogen-bond donors (Lipinski definition) is 6. The van der Waals surface area contributed by atoms with Gasteiger partial charge in [-0.3, -0.25) is 24.2 Å². The summed E-state index contributed by atoms with van der Waals surface area (Å²) in [7, 11) is 2.93. The van der Waals surface area contributed by atoms with Crippen LogP contribution in [0.3, 0.4) is 0 Å². The van der Waals surface area contributed by atoms with Crippen molar-refractivity contribution in [3.8, 4) is 5.75 Å². The van der Waals surface area contributed by atoms with E-state index in [0.29, 0.717) is 18.5 Å². The second-order valence-electron chi connectivity index (χ2n) is 12.1. The van der Waals surface area contributed by atoms with Crippen molar-refractivity contribution in [3.63, 3.8) is 0 Å². The van der Waals surface area contributed by atoms with E-state index in [-0.39, 0.29) is 24.6 Å². The van der Waals surface area contributed by atoms with Crippen LogP contribution in [0.4, 0.5) is 0 Å². The van der Waals surface area contributed by atoms with E-state index >= 15 is 0 Å². The van der Waals surface area contributed by atoms with Gasteiger partial charge < -0.3 is 35.7 Å². The quantitative estimate of drug-likeness (QED) is 0.136. The number of Topliss-reactive ketones (excluding diaryl/α,β-unsaturated/α-hetero) is 2. The lowest BCUT2D eigenvalue weighted by Gasteiger charge is -2.53. The van der Waals surface area contributed by atoms with E-state index in [1.165, 1.54) is 25.1 Å². The lowest BCUT2D eigenvalue weighted by Crippen LogP contribution is -2.70. The Balaban J connectivity index is 1.55. The molecule has 1 aliphatic heterocycles. The number of rotatable bonds is 7. The number of phenolic OH excluding ortho intramolecular Hbond substituents is 1. The molecule has 4 aliphatic rings. The standard InChI is InChI=1S/C29H36N4O11/c1-13-15-8-6-9-16(34)18(15)23(35)19-17(13)24(36)21-22(31(2)3)25(37)20(27(39)29(21,41)26(19)38)28(40)30-12-32-10-5-4-7-14(32)11-44-33(42)43/h6,8-9,13-14,17,21-22,24,34-36,39,41H,4-5,7,10-12H2,1-3H3,(H,30,40)/t13-,14?,17+,21+,22-,24-,29-/m0/s1. The van der Waals surface area contributed by atoms with Gasteiger partial charge in [-0.15, -0.1) is 10.1 Å². The largest absolute Gasteiger partial charge is 0.508 e. The highest BCUT2D eigenvalue weighted by atomic mass is 16.9. The Morgan fingerprint density at radius 1 is 1.23 bits per heavy atom. The third kappa shape index (κ3) is 4.70. The molecule has 7 atom stereocenters. The number of carbonyl (C=O) groups is 3. The number of amides is 1. The van der Waals surface area contributed by atoms with Crippen LogP contribution in [0.5, 0.6) is 5.75 Å². The Kier molecular flexibility index (Phi) is 8.18. The fourth-order valence-corrected chi connectivity index (χ4v) is 7.42. The van der Waals surface area contributed by atoms with Crippen molar-refractivity contribution in [3.05, 3.63) is 56.3 Å². The minimum Gasteiger partial charge on any atom is -0.508 e. The van der Waals surface area contributed by atoms with Gasteiger partial charge in [0, 0.05) is 24.1 Å². The maximum absolute atomic E-state index is 14.2. The molecule has 0 radical (unpaired) electrons. The van der Waals surface area contributed by atoms with Crippen LogP contribution in [0.25, 0.3) is 5.76 Å². The van der Waals surface area contributed by atoms with E-state index in [1.54, 1.807) is 24.0 Å². The number of nitrogens with one attached hydrogen (secondary N) is 1. The molecular weight excluding hydrogens is 580 g/mol. The summed E-state index contributed by atoms with van der Waals surface area (Å²) in [5.41, 5.74) is -3.91. The van der Waals surface area contributed by atoms with E-state index in [1.807, 2.05) is 0 Å². The predicted octanol–water partition coefficient (Wildman–Crippen LogP) is 0.147. The zero-order valence-corrected chi connectivity index (χ0v) is 24.5. The number of fused-ring (bicyclic) bond motifs is 3. The van der Waals surface area contributed by atoms with Gasteiger partial charge in [-0.1, -0.05) is 25.5 Å². The Bertz CT molecular complexity index is 1470. The number of benzene rings is 1. The van der Waals surface area contributed by atoms with Crippen LogP contribution in [-0.2, 0) is 19.2 Å². The average molecular weight is 617 g/mol. The summed E-state index contributed by atoms with van der Waals surface area (Å²) >= 11 is 0. The minimum atomic E-state index is -2.98. The molecule has 3 aliphatic carbocycles. The molecule has 0 spiro atoms. The topological polar surface area (TPSA) is 223 Å². The number of aliphatic hydroxyl groups excluding tert-OH is 3. The number of piperidine rings is 1. The number of carbonyl (C=O) groups excluding carboxylic acids is 3. The van der Waals surface area contributed by atoms with E-state index < -0.39 is 86.8 Å². The van der Waals surface area contributed by atoms with Gasteiger partial charge in [-0.05, 0) is 44.5 Å². The number of aromatic hydroxyl groups is 1. The van der Waals surface area contributed by atoms with Crippen molar-refractivity contribution in [1.82, 2.24) is 15.1 Å². The molecule has 15 heteroatoms. The molecule has 1 heterocycles. The van der Waals surface area contributed by atoms with Gasteiger partial charge in [0.25, 0.3) is 11.0 Å². The Morgan fingerprint density at radius 3 is 2.59 bits per heavy atom. The van der Waals surface area contributed by atoms with Crippen molar-refractivity contribution in [2.24, 2.45) is 11.8 Å². The average Bonchev–Trinajstić information content (AvgIpc) is 2.97. The second-order valence-corrected chi connectivity index (χ2v) is 12.1. The highest BCUT2D eigenvalue weighted by molar-refractivity contribution is 6.25. The van der Waals surface area contributed by atoms with Crippen LogP contribution in [0.1, 0.15) is 43.2 Å². The van der Waals surface area contributed by atoms with Crippen molar-refractivity contribution < 1.29 is 49.8 Å². The molecule has 1 saturated carbocycles. The summed E-state index contributed by atoms with van der Waals surface area (Å²) in [6.45, 7) is 1.72. The SMILES string of the molecule is C[C@H]1c2cccc(O)c2C(O)=C2C(=O)[C@]3(O)C(O)=C(C(=O)NCN4CCCCC4CO[N+](=O)[O-])C(=O)[C@@H](N(C)C)[C@@H]3[C@@H](O)[C@@H]21. The lowest BCUT2D eigenvalue weighted by molar-refractivity contribution is -0.758. The first-order valence-corrected chi connectivity index (χ1v) is 14.4. The maximum atomic E-state index is 14.2. The molecule has 44 heavy (non-hydrogen) atoms. The van der Waals surface area contributed by atoms with Crippen LogP contribution >= 0.6 is 0 Å². The fourth-order valence-electron chi connectivity index (χ4n) is 7.42. The molecule has 0 bridgehead atoms. The van der Waals surface area contributed by atoms with E-state index in [0.717, 1.165) is 12.8 Å². The lowest BCUT2D eigenvalue weighted by atomic mass is 9.54. The molecule has 1 aromatic carbocycles. The third-order valence-electron chi connectivity index (χ3n) is 9.54. The number of phenols is 1. The van der Waals surface area contributed by atoms with Gasteiger partial charge in [0.1, 0.15) is 29.4 Å². The molecule has 5 rings (SSSR count). The van der Waals surface area contributed by atoms with Gasteiger partial charge in [0.15, 0.2) is 11.4 Å². The van der Waals surface area contributed by atoms with Crippen LogP contribution < -0.4 is 5.32 Å². The molecule has 2 fully saturated rings. The number of likely N-dealkylation sites (N-methyl/N-ethyl adjacent to an activating group) is 1. The molecule has 1 amide bonds. The van der Waals surface area contributed by atoms with Crippen molar-refractivity contribution in [1.29, 1.82) is 0 Å². The van der Waals surface area contributed by atoms with Crippen molar-refractivity contribution in [2.75, 3.05) is 33.9 Å². The van der Waals surface area contributed by atoms with Gasteiger partial charge in [-0.2, -0.15) is 0 Å². The number of hydrogen-bond acceptors (Lipinski definition) is 13. The van der Waals surface area contributed by atoms with Gasteiger partial charge in [0.05, 0.1) is 30.3 Å². The second kappa shape index (κ2) is 11.5. The third-order valence-corrected chi connectivity index (χ3v) is 9.54. The van der Waals surface area contributed by atoms with Crippen LogP contribution in [0, 0.1) is 22.0 Å². The first-order chi connectivity index (χ1) is 20.7. The first-order valence-electron chi connectivity index (χ1n) is 14.4. The zero-order valence-electron chi connectivity index (χ0n) is 24.5. The molecule has 6 N–H and O–H groups in total. The normalized spacial score (nSPS) is 32.2. The zero-order chi connectivity index (χ0) is 32.2. The number of ketones is 2. The molecule has 1 saturated heterocycles. The number of likely N-dealkylation sites (tertiary alicyclic amines) is 1. The molecule has 0 aromatic heterocycles. The summed E-state index contributed by atoms with van der Waals surface area (Å²) in [5.74, 6) is -8.90. The minimum absolute atomic E-state index is 0.0523. The van der Waals surface area contributed by atoms with Gasteiger partial charge in [0.2, 0.25) is 5.78 Å². The van der Waals surface area contributed by atoms with E-state index in [4.69, 9.17) is 0 Å². The predicted molar refractivity (Wildman–Crippen MR) is 151 cm³/mol. The molecule has 15 nitrogen and oxygen atoms in total. The maximum Gasteiger partial charge on any atom is 0.294 e. The fraction of sp³-hybridized carbons (Fsp3) is 0.552. The smallest absolute Gasteiger partial charge is 0.294 e. The number of aliphatic hydroxyl groups is 4. The summed E-state index contributed by atoms with van der Waals surface area (Å²) < 4.78 is 0. The molecular formula is C29H36N4O11. The highest BCUT2D eigenvalue weighted by Crippen LogP contribution is 2.56. The first kappa shape index (κ1) is 31.4. The summed E-state index contributed by atoms with van der Waals surface area (Å²) in [6, 6.07) is 2.63. The molecule has 1 aromatic rings. The summed E-state index contributed by atoms with van der Waals surface area (Å²) in [6.07, 6.45) is 0.433. The van der Waals surface area contributed by atoms with Crippen LogP contribution in [-0.4, -0.2) is 116 Å². The van der Waals surface area contributed by atoms with Crippen LogP contribution in [0.2, 0.25) is 0 Å². The van der Waals surface area contributed by atoms with Gasteiger partial charge >= 0.3 is 0 Å². The molecule has 238 valence electrons.